The number of aliphatic carboxylic acids is 1. The Hall–Kier alpha value is -2.79. The second-order valence-corrected chi connectivity index (χ2v) is 8.90. The first kappa shape index (κ1) is 22.9. The quantitative estimate of drug-likeness (QED) is 0.378. The lowest BCUT2D eigenvalue weighted by atomic mass is 9.86. The molecule has 1 unspecified atom stereocenters. The maximum Gasteiger partial charge on any atom is 0.305 e. The summed E-state index contributed by atoms with van der Waals surface area (Å²) < 4.78 is 0. The zero-order valence-electron chi connectivity index (χ0n) is 18.1. The van der Waals surface area contributed by atoms with Gasteiger partial charge >= 0.3 is 5.97 Å². The standard InChI is InChI=1S/C26H29NO3S/c1-3-5-24(18-6-8-19(9-7-18)26(30)27-15-14-25(28)29)22-11-10-21-17-23(31-4-2)13-12-20(21)16-22/h6-13,16-17,24H,3-5,14-15H2,1-2H3,(H,27,30)(H,28,29). The predicted octanol–water partition coefficient (Wildman–Crippen LogP) is 6.09. The molecule has 0 aliphatic heterocycles. The number of carbonyl (C=O) groups is 2. The number of hydrogen-bond acceptors (Lipinski definition) is 3. The van der Waals surface area contributed by atoms with E-state index in [1.165, 1.54) is 26.8 Å². The summed E-state index contributed by atoms with van der Waals surface area (Å²) in [5.74, 6) is 0.165. The summed E-state index contributed by atoms with van der Waals surface area (Å²) in [5.41, 5.74) is 3.01. The average molecular weight is 436 g/mol. The Labute approximate surface area is 188 Å². The lowest BCUT2D eigenvalue weighted by Gasteiger charge is -2.19. The highest BCUT2D eigenvalue weighted by atomic mass is 32.2. The number of rotatable bonds is 10. The second-order valence-electron chi connectivity index (χ2n) is 7.56. The van der Waals surface area contributed by atoms with Crippen LogP contribution in [0, 0.1) is 0 Å². The number of benzene rings is 3. The molecule has 0 saturated heterocycles. The minimum Gasteiger partial charge on any atom is -0.481 e. The van der Waals surface area contributed by atoms with Crippen molar-refractivity contribution in [2.24, 2.45) is 0 Å². The van der Waals surface area contributed by atoms with Crippen LogP contribution in [0.5, 0.6) is 0 Å². The van der Waals surface area contributed by atoms with Crippen molar-refractivity contribution in [3.05, 3.63) is 77.4 Å². The number of nitrogens with one attached hydrogen (secondary N) is 1. The molecule has 3 aromatic rings. The van der Waals surface area contributed by atoms with Gasteiger partial charge in [-0.3, -0.25) is 9.59 Å². The summed E-state index contributed by atoms with van der Waals surface area (Å²) in [4.78, 5) is 24.1. The molecule has 162 valence electrons. The number of carbonyl (C=O) groups excluding carboxylic acids is 1. The molecular weight excluding hydrogens is 406 g/mol. The van der Waals surface area contributed by atoms with Gasteiger partial charge in [0.25, 0.3) is 5.91 Å². The monoisotopic (exact) mass is 435 g/mol. The molecule has 1 amide bonds. The van der Waals surface area contributed by atoms with Crippen molar-refractivity contribution in [1.82, 2.24) is 5.32 Å². The van der Waals surface area contributed by atoms with Crippen molar-refractivity contribution in [2.45, 2.75) is 43.9 Å². The summed E-state index contributed by atoms with van der Waals surface area (Å²) >= 11 is 1.85. The third-order valence-corrected chi connectivity index (χ3v) is 6.20. The molecule has 0 aliphatic rings. The Morgan fingerprint density at radius 2 is 1.61 bits per heavy atom. The molecule has 0 aliphatic carbocycles. The Morgan fingerprint density at radius 1 is 0.935 bits per heavy atom. The van der Waals surface area contributed by atoms with Gasteiger partial charge in [-0.1, -0.05) is 56.7 Å². The molecule has 3 aromatic carbocycles. The van der Waals surface area contributed by atoms with Crippen LogP contribution in [0.25, 0.3) is 10.8 Å². The first-order valence-electron chi connectivity index (χ1n) is 10.8. The summed E-state index contributed by atoms with van der Waals surface area (Å²) in [5, 5.41) is 13.9. The fourth-order valence-corrected chi connectivity index (χ4v) is 4.49. The molecular formula is C26H29NO3S. The van der Waals surface area contributed by atoms with Crippen LogP contribution in [0.2, 0.25) is 0 Å². The first-order valence-corrected chi connectivity index (χ1v) is 11.8. The van der Waals surface area contributed by atoms with Crippen LogP contribution in [0.1, 0.15) is 60.5 Å². The summed E-state index contributed by atoms with van der Waals surface area (Å²) in [6.45, 7) is 4.48. The van der Waals surface area contributed by atoms with Gasteiger partial charge in [-0.15, -0.1) is 11.8 Å². The van der Waals surface area contributed by atoms with Crippen molar-refractivity contribution in [1.29, 1.82) is 0 Å². The third kappa shape index (κ3) is 6.11. The molecule has 0 aromatic heterocycles. The van der Waals surface area contributed by atoms with Gasteiger partial charge in [0.15, 0.2) is 0 Å². The van der Waals surface area contributed by atoms with E-state index in [0.717, 1.165) is 18.6 Å². The Balaban J connectivity index is 1.80. The van der Waals surface area contributed by atoms with E-state index >= 15 is 0 Å². The fraction of sp³-hybridized carbons (Fsp3) is 0.308. The highest BCUT2D eigenvalue weighted by Gasteiger charge is 2.15. The van der Waals surface area contributed by atoms with Gasteiger partial charge in [0, 0.05) is 22.9 Å². The van der Waals surface area contributed by atoms with Crippen LogP contribution in [0.4, 0.5) is 0 Å². The van der Waals surface area contributed by atoms with E-state index in [0.29, 0.717) is 5.56 Å². The van der Waals surface area contributed by atoms with Crippen LogP contribution in [-0.2, 0) is 4.79 Å². The topological polar surface area (TPSA) is 66.4 Å². The average Bonchev–Trinajstić information content (AvgIpc) is 2.77. The van der Waals surface area contributed by atoms with E-state index in [2.05, 4.69) is 55.6 Å². The van der Waals surface area contributed by atoms with E-state index in [1.54, 1.807) is 0 Å². The molecule has 0 heterocycles. The number of carboxylic acid groups (broad SMARTS) is 1. The van der Waals surface area contributed by atoms with Crippen LogP contribution < -0.4 is 5.32 Å². The van der Waals surface area contributed by atoms with Gasteiger partial charge in [-0.2, -0.15) is 0 Å². The maximum atomic E-state index is 12.2. The summed E-state index contributed by atoms with van der Waals surface area (Å²) in [6, 6.07) is 21.0. The molecule has 0 fully saturated rings. The Morgan fingerprint density at radius 3 is 2.29 bits per heavy atom. The van der Waals surface area contributed by atoms with Crippen molar-refractivity contribution in [2.75, 3.05) is 12.3 Å². The van der Waals surface area contributed by atoms with E-state index in [-0.39, 0.29) is 24.8 Å². The summed E-state index contributed by atoms with van der Waals surface area (Å²) in [7, 11) is 0. The molecule has 2 N–H and O–H groups in total. The summed E-state index contributed by atoms with van der Waals surface area (Å²) in [6.07, 6.45) is 2.01. The van der Waals surface area contributed by atoms with Gasteiger partial charge in [0.05, 0.1) is 6.42 Å². The van der Waals surface area contributed by atoms with Gasteiger partial charge in [-0.25, -0.2) is 0 Å². The number of thioether (sulfide) groups is 1. The van der Waals surface area contributed by atoms with Crippen molar-refractivity contribution in [3.8, 4) is 0 Å². The van der Waals surface area contributed by atoms with E-state index in [4.69, 9.17) is 5.11 Å². The number of hydrogen-bond donors (Lipinski definition) is 2. The van der Waals surface area contributed by atoms with Crippen LogP contribution in [0.15, 0.2) is 65.6 Å². The third-order valence-electron chi connectivity index (χ3n) is 5.33. The molecule has 5 heteroatoms. The van der Waals surface area contributed by atoms with Gasteiger partial charge in [-0.05, 0) is 58.3 Å². The number of amides is 1. The Bertz CT molecular complexity index is 1050. The lowest BCUT2D eigenvalue weighted by Crippen LogP contribution is -2.25. The zero-order chi connectivity index (χ0) is 22.2. The molecule has 4 nitrogen and oxygen atoms in total. The van der Waals surface area contributed by atoms with Crippen molar-refractivity contribution >= 4 is 34.4 Å². The van der Waals surface area contributed by atoms with Crippen molar-refractivity contribution in [3.63, 3.8) is 0 Å². The zero-order valence-corrected chi connectivity index (χ0v) is 18.9. The van der Waals surface area contributed by atoms with Crippen LogP contribution >= 0.6 is 11.8 Å². The molecule has 0 saturated carbocycles. The normalized spacial score (nSPS) is 11.9. The number of carboxylic acids is 1. The number of fused-ring (bicyclic) bond motifs is 1. The molecule has 0 radical (unpaired) electrons. The Kier molecular flexibility index (Phi) is 8.13. The molecule has 31 heavy (non-hydrogen) atoms. The maximum absolute atomic E-state index is 12.2. The SMILES string of the molecule is CCCC(c1ccc(C(=O)NCCC(=O)O)cc1)c1ccc2cc(SCC)ccc2c1. The van der Waals surface area contributed by atoms with E-state index < -0.39 is 5.97 Å². The molecule has 0 spiro atoms. The van der Waals surface area contributed by atoms with E-state index in [1.807, 2.05) is 36.0 Å². The largest absolute Gasteiger partial charge is 0.481 e. The van der Waals surface area contributed by atoms with E-state index in [9.17, 15) is 9.59 Å². The first-order chi connectivity index (χ1) is 15.0. The van der Waals surface area contributed by atoms with Crippen molar-refractivity contribution < 1.29 is 14.7 Å². The van der Waals surface area contributed by atoms with Gasteiger partial charge < -0.3 is 10.4 Å². The predicted molar refractivity (Wildman–Crippen MR) is 128 cm³/mol. The fourth-order valence-electron chi connectivity index (χ4n) is 3.78. The van der Waals surface area contributed by atoms with Gasteiger partial charge in [0.2, 0.25) is 0 Å². The second kappa shape index (κ2) is 11.0. The molecule has 3 rings (SSSR count). The van der Waals surface area contributed by atoms with Gasteiger partial charge in [0.1, 0.15) is 0 Å². The minimum absolute atomic E-state index is 0.0804. The highest BCUT2D eigenvalue weighted by molar-refractivity contribution is 7.99. The smallest absolute Gasteiger partial charge is 0.305 e. The molecule has 1 atom stereocenters. The molecule has 0 bridgehead atoms. The highest BCUT2D eigenvalue weighted by Crippen LogP contribution is 2.32. The lowest BCUT2D eigenvalue weighted by molar-refractivity contribution is -0.136. The minimum atomic E-state index is -0.922. The van der Waals surface area contributed by atoms with Crippen LogP contribution in [0.3, 0.4) is 0 Å². The van der Waals surface area contributed by atoms with Crippen LogP contribution in [-0.4, -0.2) is 29.3 Å².